The summed E-state index contributed by atoms with van der Waals surface area (Å²) in [4.78, 5) is 11.7. The fraction of sp³-hybridized carbons (Fsp3) is 0.385. The first-order chi connectivity index (χ1) is 9.15. The molecule has 1 amide bonds. The van der Waals surface area contributed by atoms with Gasteiger partial charge in [-0.25, -0.2) is 0 Å². The first-order valence-corrected chi connectivity index (χ1v) is 6.99. The molecule has 1 saturated heterocycles. The minimum Gasteiger partial charge on any atom is -0.490 e. The molecule has 0 bridgehead atoms. The monoisotopic (exact) mass is 280 g/mol. The Morgan fingerprint density at radius 1 is 1.26 bits per heavy atom. The van der Waals surface area contributed by atoms with Crippen LogP contribution in [0.3, 0.4) is 0 Å². The fourth-order valence-electron chi connectivity index (χ4n) is 1.83. The van der Waals surface area contributed by atoms with E-state index in [0.717, 1.165) is 5.56 Å². The Morgan fingerprint density at radius 2 is 1.95 bits per heavy atom. The molecular weight excluding hydrogens is 264 g/mol. The van der Waals surface area contributed by atoms with Gasteiger partial charge >= 0.3 is 0 Å². The molecule has 1 aromatic carbocycles. The van der Waals surface area contributed by atoms with Crippen molar-refractivity contribution in [3.8, 4) is 11.5 Å². The van der Waals surface area contributed by atoms with Gasteiger partial charge in [-0.15, -0.1) is 0 Å². The number of amides is 1. The van der Waals surface area contributed by atoms with E-state index in [-0.39, 0.29) is 16.3 Å². The summed E-state index contributed by atoms with van der Waals surface area (Å²) in [5, 5.41) is 9.76. The number of hydrogen-bond acceptors (Lipinski definition) is 5. The Morgan fingerprint density at radius 3 is 2.53 bits per heavy atom. The predicted molar refractivity (Wildman–Crippen MR) is 75.0 cm³/mol. The standard InChI is InChI=1S/C13H16N2O3S/c1-3-17-9-6-5-8(7-10(9)18-4-2)11-12(16)15-13(14)19-11/h5-7,11H,3-4H2,1-2H3,(H2,14,15,16). The molecule has 19 heavy (non-hydrogen) atoms. The van der Waals surface area contributed by atoms with Crippen LogP contribution in [0.1, 0.15) is 24.7 Å². The second-order valence-electron chi connectivity index (χ2n) is 3.89. The summed E-state index contributed by atoms with van der Waals surface area (Å²) in [5.41, 5.74) is 0.816. The molecule has 1 atom stereocenters. The molecule has 0 aliphatic carbocycles. The van der Waals surface area contributed by atoms with E-state index in [1.54, 1.807) is 6.07 Å². The van der Waals surface area contributed by atoms with Crippen LogP contribution in [0.2, 0.25) is 0 Å². The Hall–Kier alpha value is -1.69. The Labute approximate surface area is 116 Å². The van der Waals surface area contributed by atoms with Crippen molar-refractivity contribution >= 4 is 22.8 Å². The summed E-state index contributed by atoms with van der Waals surface area (Å²) < 4.78 is 11.0. The second kappa shape index (κ2) is 5.97. The highest BCUT2D eigenvalue weighted by Crippen LogP contribution is 2.38. The number of hydrogen-bond donors (Lipinski definition) is 2. The van der Waals surface area contributed by atoms with Crippen molar-refractivity contribution in [1.29, 1.82) is 5.41 Å². The van der Waals surface area contributed by atoms with Crippen molar-refractivity contribution in [3.63, 3.8) is 0 Å². The van der Waals surface area contributed by atoms with Crippen LogP contribution in [0.4, 0.5) is 0 Å². The van der Waals surface area contributed by atoms with Crippen molar-refractivity contribution in [2.24, 2.45) is 0 Å². The normalized spacial score (nSPS) is 18.3. The fourth-order valence-corrected chi connectivity index (χ4v) is 2.67. The molecular formula is C13H16N2O3S. The zero-order valence-electron chi connectivity index (χ0n) is 10.9. The molecule has 2 N–H and O–H groups in total. The molecule has 1 aliphatic heterocycles. The van der Waals surface area contributed by atoms with Gasteiger partial charge in [-0.05, 0) is 31.5 Å². The van der Waals surface area contributed by atoms with Gasteiger partial charge in [0.05, 0.1) is 13.2 Å². The van der Waals surface area contributed by atoms with Gasteiger partial charge in [0.15, 0.2) is 16.7 Å². The van der Waals surface area contributed by atoms with E-state index < -0.39 is 0 Å². The molecule has 2 rings (SSSR count). The molecule has 0 spiro atoms. The lowest BCUT2D eigenvalue weighted by Gasteiger charge is -2.13. The van der Waals surface area contributed by atoms with Crippen LogP contribution in [-0.4, -0.2) is 24.3 Å². The average Bonchev–Trinajstić information content (AvgIpc) is 2.71. The third-order valence-electron chi connectivity index (χ3n) is 2.58. The molecule has 5 nitrogen and oxygen atoms in total. The van der Waals surface area contributed by atoms with E-state index in [1.165, 1.54) is 11.8 Å². The quantitative estimate of drug-likeness (QED) is 0.868. The number of thioether (sulfide) groups is 1. The Balaban J connectivity index is 2.29. The SMILES string of the molecule is CCOc1ccc(C2SC(=N)NC2=O)cc1OCC. The number of ether oxygens (including phenoxy) is 2. The first-order valence-electron chi connectivity index (χ1n) is 6.11. The molecule has 0 saturated carbocycles. The third-order valence-corrected chi connectivity index (χ3v) is 3.64. The van der Waals surface area contributed by atoms with E-state index >= 15 is 0 Å². The van der Waals surface area contributed by atoms with Gasteiger partial charge in [0.2, 0.25) is 5.91 Å². The van der Waals surface area contributed by atoms with Crippen molar-refractivity contribution in [2.45, 2.75) is 19.1 Å². The summed E-state index contributed by atoms with van der Waals surface area (Å²) in [6.45, 7) is 4.90. The van der Waals surface area contributed by atoms with Crippen molar-refractivity contribution in [1.82, 2.24) is 5.32 Å². The highest BCUT2D eigenvalue weighted by molar-refractivity contribution is 8.15. The number of carbonyl (C=O) groups excluding carboxylic acids is 1. The third kappa shape index (κ3) is 3.01. The molecule has 6 heteroatoms. The molecule has 1 fully saturated rings. The minimum atomic E-state index is -0.387. The maximum atomic E-state index is 11.7. The van der Waals surface area contributed by atoms with Crippen LogP contribution >= 0.6 is 11.8 Å². The van der Waals surface area contributed by atoms with E-state index in [1.807, 2.05) is 26.0 Å². The van der Waals surface area contributed by atoms with Crippen molar-refractivity contribution < 1.29 is 14.3 Å². The minimum absolute atomic E-state index is 0.165. The number of carbonyl (C=O) groups is 1. The van der Waals surface area contributed by atoms with Gasteiger partial charge < -0.3 is 14.8 Å². The number of nitrogens with one attached hydrogen (secondary N) is 2. The van der Waals surface area contributed by atoms with Crippen LogP contribution in [0, 0.1) is 5.41 Å². The summed E-state index contributed by atoms with van der Waals surface area (Å²) in [5.74, 6) is 1.14. The second-order valence-corrected chi connectivity index (χ2v) is 5.00. The van der Waals surface area contributed by atoms with E-state index in [2.05, 4.69) is 5.32 Å². The number of rotatable bonds is 5. The lowest BCUT2D eigenvalue weighted by Crippen LogP contribution is -2.20. The predicted octanol–water partition coefficient (Wildman–Crippen LogP) is 2.32. The largest absolute Gasteiger partial charge is 0.490 e. The lowest BCUT2D eigenvalue weighted by molar-refractivity contribution is -0.118. The number of amidine groups is 1. The summed E-state index contributed by atoms with van der Waals surface area (Å²) >= 11 is 1.20. The Bertz CT molecular complexity index is 505. The van der Waals surface area contributed by atoms with Crippen molar-refractivity contribution in [2.75, 3.05) is 13.2 Å². The topological polar surface area (TPSA) is 71.4 Å². The molecule has 0 radical (unpaired) electrons. The molecule has 1 unspecified atom stereocenters. The average molecular weight is 280 g/mol. The number of benzene rings is 1. The summed E-state index contributed by atoms with van der Waals surface area (Å²) in [6.07, 6.45) is 0. The molecule has 1 aromatic rings. The van der Waals surface area contributed by atoms with Gasteiger partial charge in [-0.3, -0.25) is 10.2 Å². The van der Waals surface area contributed by atoms with Crippen LogP contribution in [-0.2, 0) is 4.79 Å². The van der Waals surface area contributed by atoms with Crippen LogP contribution < -0.4 is 14.8 Å². The van der Waals surface area contributed by atoms with Gasteiger partial charge in [0.25, 0.3) is 0 Å². The highest BCUT2D eigenvalue weighted by atomic mass is 32.2. The zero-order valence-corrected chi connectivity index (χ0v) is 11.7. The van der Waals surface area contributed by atoms with E-state index in [0.29, 0.717) is 24.7 Å². The molecule has 0 aromatic heterocycles. The summed E-state index contributed by atoms with van der Waals surface area (Å²) in [6, 6.07) is 5.45. The molecule has 1 aliphatic rings. The van der Waals surface area contributed by atoms with Crippen LogP contribution in [0.15, 0.2) is 18.2 Å². The van der Waals surface area contributed by atoms with Gasteiger partial charge in [-0.2, -0.15) is 0 Å². The lowest BCUT2D eigenvalue weighted by atomic mass is 10.1. The first kappa shape index (κ1) is 13.7. The van der Waals surface area contributed by atoms with Crippen LogP contribution in [0.25, 0.3) is 0 Å². The maximum absolute atomic E-state index is 11.7. The summed E-state index contributed by atoms with van der Waals surface area (Å²) in [7, 11) is 0. The van der Waals surface area contributed by atoms with E-state index in [4.69, 9.17) is 14.9 Å². The van der Waals surface area contributed by atoms with E-state index in [9.17, 15) is 4.79 Å². The zero-order chi connectivity index (χ0) is 13.8. The van der Waals surface area contributed by atoms with Gasteiger partial charge in [0, 0.05) is 0 Å². The van der Waals surface area contributed by atoms with Gasteiger partial charge in [0.1, 0.15) is 5.25 Å². The smallest absolute Gasteiger partial charge is 0.244 e. The maximum Gasteiger partial charge on any atom is 0.244 e. The molecule has 102 valence electrons. The molecule has 1 heterocycles. The Kier molecular flexibility index (Phi) is 4.31. The highest BCUT2D eigenvalue weighted by Gasteiger charge is 2.31. The van der Waals surface area contributed by atoms with Crippen molar-refractivity contribution in [3.05, 3.63) is 23.8 Å². The van der Waals surface area contributed by atoms with Gasteiger partial charge in [-0.1, -0.05) is 17.8 Å². The van der Waals surface area contributed by atoms with Crippen LogP contribution in [0.5, 0.6) is 11.5 Å².